The molecule has 1 unspecified atom stereocenters. The predicted octanol–water partition coefficient (Wildman–Crippen LogP) is 1.97. The Bertz CT molecular complexity index is 531. The summed E-state index contributed by atoms with van der Waals surface area (Å²) in [5.41, 5.74) is 0.537. The van der Waals surface area contributed by atoms with Crippen LogP contribution in [0.5, 0.6) is 11.5 Å². The van der Waals surface area contributed by atoms with Gasteiger partial charge in [-0.05, 0) is 25.5 Å². The van der Waals surface area contributed by atoms with Crippen LogP contribution in [0.3, 0.4) is 0 Å². The number of amides is 2. The summed E-state index contributed by atoms with van der Waals surface area (Å²) in [6.07, 6.45) is 0.831. The Morgan fingerprint density at radius 2 is 1.95 bits per heavy atom. The zero-order valence-corrected chi connectivity index (χ0v) is 13.8. The monoisotopic (exact) mass is 308 g/mol. The van der Waals surface area contributed by atoms with Crippen molar-refractivity contribution >= 4 is 17.5 Å². The van der Waals surface area contributed by atoms with Gasteiger partial charge in [0.2, 0.25) is 11.8 Å². The normalized spacial score (nSPS) is 11.5. The summed E-state index contributed by atoms with van der Waals surface area (Å²) in [5, 5.41) is 2.85. The van der Waals surface area contributed by atoms with E-state index >= 15 is 0 Å². The summed E-state index contributed by atoms with van der Waals surface area (Å²) in [4.78, 5) is 25.4. The number of nitrogens with one attached hydrogen (secondary N) is 1. The molecule has 6 heteroatoms. The molecule has 1 N–H and O–H groups in total. The van der Waals surface area contributed by atoms with Crippen LogP contribution >= 0.6 is 0 Å². The molecule has 122 valence electrons. The van der Waals surface area contributed by atoms with Gasteiger partial charge in [0.15, 0.2) is 0 Å². The van der Waals surface area contributed by atoms with Crippen LogP contribution in [0.1, 0.15) is 27.2 Å². The number of ether oxygens (including phenoxy) is 2. The average molecular weight is 308 g/mol. The Morgan fingerprint density at radius 1 is 1.27 bits per heavy atom. The van der Waals surface area contributed by atoms with Crippen molar-refractivity contribution in [2.45, 2.75) is 33.2 Å². The largest absolute Gasteiger partial charge is 0.497 e. The molecule has 1 rings (SSSR count). The van der Waals surface area contributed by atoms with Crippen molar-refractivity contribution in [3.63, 3.8) is 0 Å². The van der Waals surface area contributed by atoms with E-state index in [9.17, 15) is 9.59 Å². The summed E-state index contributed by atoms with van der Waals surface area (Å²) in [6.45, 7) is 5.27. The highest BCUT2D eigenvalue weighted by Crippen LogP contribution is 2.32. The Labute approximate surface area is 131 Å². The third-order valence-electron chi connectivity index (χ3n) is 3.38. The van der Waals surface area contributed by atoms with E-state index in [1.54, 1.807) is 25.3 Å². The second-order valence-electron chi connectivity index (χ2n) is 5.02. The van der Waals surface area contributed by atoms with Gasteiger partial charge >= 0.3 is 0 Å². The molecule has 0 aliphatic heterocycles. The van der Waals surface area contributed by atoms with Gasteiger partial charge in [-0.1, -0.05) is 6.92 Å². The van der Waals surface area contributed by atoms with Gasteiger partial charge in [0.05, 0.1) is 19.9 Å². The van der Waals surface area contributed by atoms with Gasteiger partial charge in [0, 0.05) is 19.0 Å². The van der Waals surface area contributed by atoms with Crippen molar-refractivity contribution in [1.29, 1.82) is 0 Å². The molecular formula is C16H24N2O4. The van der Waals surface area contributed by atoms with Crippen LogP contribution in [0.2, 0.25) is 0 Å². The van der Waals surface area contributed by atoms with E-state index < -0.39 is 0 Å². The summed E-state index contributed by atoms with van der Waals surface area (Å²) in [7, 11) is 3.06. The molecule has 1 aromatic rings. The molecule has 0 saturated heterocycles. The van der Waals surface area contributed by atoms with E-state index in [0.29, 0.717) is 17.2 Å². The lowest BCUT2D eigenvalue weighted by Crippen LogP contribution is -2.42. The maximum absolute atomic E-state index is 12.1. The number of hydrogen-bond acceptors (Lipinski definition) is 4. The van der Waals surface area contributed by atoms with Crippen molar-refractivity contribution in [3.8, 4) is 11.5 Å². The number of rotatable bonds is 7. The molecule has 1 aromatic carbocycles. The molecule has 0 aliphatic carbocycles. The standard InChI is InChI=1S/C16H24N2O4/c1-6-11(2)17-16(20)10-18(12(3)19)14-8-7-13(21-4)9-15(14)22-5/h7-9,11H,6,10H2,1-5H3,(H,17,20). The highest BCUT2D eigenvalue weighted by Gasteiger charge is 2.20. The fraction of sp³-hybridized carbons (Fsp3) is 0.500. The Hall–Kier alpha value is -2.24. The van der Waals surface area contributed by atoms with Gasteiger partial charge in [-0.15, -0.1) is 0 Å². The van der Waals surface area contributed by atoms with Gasteiger partial charge in [0.25, 0.3) is 0 Å². The molecule has 0 spiro atoms. The minimum absolute atomic E-state index is 0.0532. The Kier molecular flexibility index (Phi) is 6.69. The zero-order chi connectivity index (χ0) is 16.7. The number of nitrogens with zero attached hydrogens (tertiary/aromatic N) is 1. The topological polar surface area (TPSA) is 67.9 Å². The first-order valence-corrected chi connectivity index (χ1v) is 7.22. The average Bonchev–Trinajstić information content (AvgIpc) is 2.51. The number of hydrogen-bond donors (Lipinski definition) is 1. The Balaban J connectivity index is 3.01. The lowest BCUT2D eigenvalue weighted by atomic mass is 10.2. The van der Waals surface area contributed by atoms with Crippen LogP contribution in [0.4, 0.5) is 5.69 Å². The molecular weight excluding hydrogens is 284 g/mol. The van der Waals surface area contributed by atoms with Crippen LogP contribution in [0, 0.1) is 0 Å². The predicted molar refractivity (Wildman–Crippen MR) is 85.5 cm³/mol. The second kappa shape index (κ2) is 8.26. The summed E-state index contributed by atoms with van der Waals surface area (Å²) < 4.78 is 10.4. The lowest BCUT2D eigenvalue weighted by molar-refractivity contribution is -0.123. The number of carbonyl (C=O) groups excluding carboxylic acids is 2. The molecule has 22 heavy (non-hydrogen) atoms. The van der Waals surface area contributed by atoms with E-state index in [1.165, 1.54) is 18.9 Å². The molecule has 6 nitrogen and oxygen atoms in total. The third kappa shape index (κ3) is 4.65. The number of anilines is 1. The van der Waals surface area contributed by atoms with Gasteiger partial charge in [0.1, 0.15) is 18.0 Å². The summed E-state index contributed by atoms with van der Waals surface area (Å²) in [6, 6.07) is 5.17. The maximum Gasteiger partial charge on any atom is 0.240 e. The smallest absolute Gasteiger partial charge is 0.240 e. The quantitative estimate of drug-likeness (QED) is 0.836. The highest BCUT2D eigenvalue weighted by atomic mass is 16.5. The molecule has 0 saturated carbocycles. The van der Waals surface area contributed by atoms with Crippen molar-refractivity contribution in [2.24, 2.45) is 0 Å². The van der Waals surface area contributed by atoms with Crippen LogP contribution in [-0.2, 0) is 9.59 Å². The van der Waals surface area contributed by atoms with Crippen molar-refractivity contribution in [3.05, 3.63) is 18.2 Å². The minimum atomic E-state index is -0.234. The van der Waals surface area contributed by atoms with Gasteiger partial charge in [-0.2, -0.15) is 0 Å². The first kappa shape index (κ1) is 17.8. The third-order valence-corrected chi connectivity index (χ3v) is 3.38. The summed E-state index contributed by atoms with van der Waals surface area (Å²) in [5.74, 6) is 0.657. The van der Waals surface area contributed by atoms with E-state index in [-0.39, 0.29) is 24.4 Å². The fourth-order valence-electron chi connectivity index (χ4n) is 1.94. The van der Waals surface area contributed by atoms with E-state index in [1.807, 2.05) is 13.8 Å². The highest BCUT2D eigenvalue weighted by molar-refractivity contribution is 5.98. The number of benzene rings is 1. The molecule has 0 bridgehead atoms. The van der Waals surface area contributed by atoms with Gasteiger partial charge in [-0.25, -0.2) is 0 Å². The van der Waals surface area contributed by atoms with E-state index in [0.717, 1.165) is 6.42 Å². The molecule has 1 atom stereocenters. The van der Waals surface area contributed by atoms with E-state index in [2.05, 4.69) is 5.32 Å². The first-order valence-electron chi connectivity index (χ1n) is 7.22. The molecule has 0 heterocycles. The zero-order valence-electron chi connectivity index (χ0n) is 13.8. The SMILES string of the molecule is CCC(C)NC(=O)CN(C(C)=O)c1ccc(OC)cc1OC. The Morgan fingerprint density at radius 3 is 2.45 bits per heavy atom. The number of methoxy groups -OCH3 is 2. The summed E-state index contributed by atoms with van der Waals surface area (Å²) >= 11 is 0. The molecule has 0 radical (unpaired) electrons. The minimum Gasteiger partial charge on any atom is -0.497 e. The van der Waals surface area contributed by atoms with Gasteiger partial charge < -0.3 is 14.8 Å². The molecule has 0 fully saturated rings. The molecule has 2 amide bonds. The lowest BCUT2D eigenvalue weighted by Gasteiger charge is -2.24. The van der Waals surface area contributed by atoms with Crippen molar-refractivity contribution in [2.75, 3.05) is 25.7 Å². The molecule has 0 aromatic heterocycles. The second-order valence-corrected chi connectivity index (χ2v) is 5.02. The first-order chi connectivity index (χ1) is 10.4. The van der Waals surface area contributed by atoms with Crippen LogP contribution in [-0.4, -0.2) is 38.6 Å². The van der Waals surface area contributed by atoms with Crippen molar-refractivity contribution < 1.29 is 19.1 Å². The van der Waals surface area contributed by atoms with Crippen LogP contribution < -0.4 is 19.7 Å². The van der Waals surface area contributed by atoms with Crippen molar-refractivity contribution in [1.82, 2.24) is 5.32 Å². The van der Waals surface area contributed by atoms with Gasteiger partial charge in [-0.3, -0.25) is 14.5 Å². The van der Waals surface area contributed by atoms with Crippen LogP contribution in [0.15, 0.2) is 18.2 Å². The maximum atomic E-state index is 12.1. The fourth-order valence-corrected chi connectivity index (χ4v) is 1.94. The van der Waals surface area contributed by atoms with E-state index in [4.69, 9.17) is 9.47 Å². The molecule has 0 aliphatic rings. The number of carbonyl (C=O) groups is 2. The van der Waals surface area contributed by atoms with Crippen LogP contribution in [0.25, 0.3) is 0 Å².